The largest absolute Gasteiger partial charge is 0.481 e. The fourth-order valence-electron chi connectivity index (χ4n) is 2.66. The SMILES string of the molecule is CC1CC(C(=O)O)CN(C(=O)c2ccnc(OCC(F)(F)F)c2)C1. The molecule has 0 saturated carbocycles. The number of amides is 1. The third-order valence-corrected chi connectivity index (χ3v) is 3.66. The molecular formula is C15H17F3N2O4. The summed E-state index contributed by atoms with van der Waals surface area (Å²) in [5.74, 6) is -2.36. The molecule has 0 aromatic carbocycles. The molecule has 6 nitrogen and oxygen atoms in total. The predicted octanol–water partition coefficient (Wildman–Crippen LogP) is 2.21. The van der Waals surface area contributed by atoms with E-state index in [2.05, 4.69) is 9.72 Å². The first kappa shape index (κ1) is 18.0. The summed E-state index contributed by atoms with van der Waals surface area (Å²) in [5.41, 5.74) is 0.111. The number of carbonyl (C=O) groups is 2. The highest BCUT2D eigenvalue weighted by Crippen LogP contribution is 2.24. The maximum absolute atomic E-state index is 12.5. The number of carbonyl (C=O) groups excluding carboxylic acids is 1. The molecular weight excluding hydrogens is 329 g/mol. The second-order valence-corrected chi connectivity index (χ2v) is 5.87. The van der Waals surface area contributed by atoms with E-state index in [0.717, 1.165) is 6.07 Å². The number of ether oxygens (including phenoxy) is 1. The number of rotatable bonds is 4. The van der Waals surface area contributed by atoms with Gasteiger partial charge in [-0.05, 0) is 18.4 Å². The van der Waals surface area contributed by atoms with Crippen LogP contribution in [0.5, 0.6) is 5.88 Å². The molecule has 1 amide bonds. The van der Waals surface area contributed by atoms with Crippen molar-refractivity contribution in [2.75, 3.05) is 19.7 Å². The fourth-order valence-corrected chi connectivity index (χ4v) is 2.66. The Balaban J connectivity index is 2.10. The molecule has 9 heteroatoms. The van der Waals surface area contributed by atoms with Gasteiger partial charge in [-0.15, -0.1) is 0 Å². The average Bonchev–Trinajstić information content (AvgIpc) is 2.51. The first-order valence-corrected chi connectivity index (χ1v) is 7.33. The zero-order valence-electron chi connectivity index (χ0n) is 12.9. The van der Waals surface area contributed by atoms with Crippen molar-refractivity contribution in [1.82, 2.24) is 9.88 Å². The van der Waals surface area contributed by atoms with Gasteiger partial charge in [0.2, 0.25) is 5.88 Å². The lowest BCUT2D eigenvalue weighted by Gasteiger charge is -2.34. The van der Waals surface area contributed by atoms with Crippen LogP contribution in [0.15, 0.2) is 18.3 Å². The Bertz CT molecular complexity index is 621. The lowest BCUT2D eigenvalue weighted by Crippen LogP contribution is -2.45. The van der Waals surface area contributed by atoms with Crippen LogP contribution in [0.4, 0.5) is 13.2 Å². The number of hydrogen-bond donors (Lipinski definition) is 1. The molecule has 1 N–H and O–H groups in total. The van der Waals surface area contributed by atoms with Gasteiger partial charge in [-0.25, -0.2) is 4.98 Å². The van der Waals surface area contributed by atoms with Gasteiger partial charge in [0, 0.05) is 30.9 Å². The molecule has 1 aliphatic rings. The Morgan fingerprint density at radius 1 is 1.42 bits per heavy atom. The number of nitrogens with zero attached hydrogens (tertiary/aromatic N) is 2. The number of piperidine rings is 1. The Kier molecular flexibility index (Phi) is 5.30. The summed E-state index contributed by atoms with van der Waals surface area (Å²) in [7, 11) is 0. The molecule has 24 heavy (non-hydrogen) atoms. The van der Waals surface area contributed by atoms with E-state index in [1.807, 2.05) is 6.92 Å². The van der Waals surface area contributed by atoms with E-state index < -0.39 is 30.6 Å². The molecule has 2 rings (SSSR count). The zero-order chi connectivity index (χ0) is 17.9. The molecule has 0 bridgehead atoms. The number of carboxylic acids is 1. The zero-order valence-corrected chi connectivity index (χ0v) is 12.9. The Hall–Kier alpha value is -2.32. The maximum Gasteiger partial charge on any atom is 0.422 e. The topological polar surface area (TPSA) is 79.7 Å². The van der Waals surface area contributed by atoms with E-state index in [1.165, 1.54) is 17.2 Å². The van der Waals surface area contributed by atoms with Crippen molar-refractivity contribution < 1.29 is 32.6 Å². The van der Waals surface area contributed by atoms with E-state index in [1.54, 1.807) is 0 Å². The number of pyridine rings is 1. The van der Waals surface area contributed by atoms with Crippen LogP contribution < -0.4 is 4.74 Å². The quantitative estimate of drug-likeness (QED) is 0.904. The minimum atomic E-state index is -4.50. The monoisotopic (exact) mass is 346 g/mol. The number of hydrogen-bond acceptors (Lipinski definition) is 4. The smallest absolute Gasteiger partial charge is 0.422 e. The molecule has 0 aliphatic carbocycles. The lowest BCUT2D eigenvalue weighted by molar-refractivity contribution is -0.154. The van der Waals surface area contributed by atoms with Gasteiger partial charge in [0.15, 0.2) is 6.61 Å². The Morgan fingerprint density at radius 3 is 2.75 bits per heavy atom. The molecule has 2 atom stereocenters. The minimum absolute atomic E-state index is 0.0200. The Labute approximate surface area is 136 Å². The highest BCUT2D eigenvalue weighted by Gasteiger charge is 2.32. The predicted molar refractivity (Wildman–Crippen MR) is 76.6 cm³/mol. The number of aromatic nitrogens is 1. The van der Waals surface area contributed by atoms with Crippen molar-refractivity contribution in [3.05, 3.63) is 23.9 Å². The van der Waals surface area contributed by atoms with Gasteiger partial charge in [-0.1, -0.05) is 6.92 Å². The van der Waals surface area contributed by atoms with Crippen molar-refractivity contribution in [2.24, 2.45) is 11.8 Å². The number of halogens is 3. The molecule has 1 fully saturated rings. The normalized spacial score (nSPS) is 21.4. The first-order valence-electron chi connectivity index (χ1n) is 7.33. The summed E-state index contributed by atoms with van der Waals surface area (Å²) >= 11 is 0. The number of alkyl halides is 3. The van der Waals surface area contributed by atoms with Gasteiger partial charge in [0.25, 0.3) is 5.91 Å². The molecule has 1 aliphatic heterocycles. The van der Waals surface area contributed by atoms with E-state index in [9.17, 15) is 22.8 Å². The summed E-state index contributed by atoms with van der Waals surface area (Å²) in [6, 6.07) is 2.49. The van der Waals surface area contributed by atoms with Crippen LogP contribution in [0, 0.1) is 11.8 Å². The van der Waals surface area contributed by atoms with E-state index in [4.69, 9.17) is 5.11 Å². The summed E-state index contributed by atoms with van der Waals surface area (Å²) in [6.07, 6.45) is -2.84. The van der Waals surface area contributed by atoms with Crippen molar-refractivity contribution >= 4 is 11.9 Å². The molecule has 2 heterocycles. The summed E-state index contributed by atoms with van der Waals surface area (Å²) in [4.78, 5) is 28.7. The fraction of sp³-hybridized carbons (Fsp3) is 0.533. The highest BCUT2D eigenvalue weighted by molar-refractivity contribution is 5.94. The first-order chi connectivity index (χ1) is 11.2. The molecule has 132 valence electrons. The number of carboxylic acid groups (broad SMARTS) is 1. The second kappa shape index (κ2) is 7.06. The van der Waals surface area contributed by atoms with E-state index in [-0.39, 0.29) is 23.9 Å². The third kappa shape index (κ3) is 4.84. The molecule has 0 spiro atoms. The van der Waals surface area contributed by atoms with Crippen LogP contribution in [0.2, 0.25) is 0 Å². The molecule has 2 unspecified atom stereocenters. The standard InChI is InChI=1S/C15H17F3N2O4/c1-9-4-11(14(22)23)7-20(6-9)13(21)10-2-3-19-12(5-10)24-8-15(16,17)18/h2-3,5,9,11H,4,6-8H2,1H3,(H,22,23). The van der Waals surface area contributed by atoms with Crippen molar-refractivity contribution in [2.45, 2.75) is 19.5 Å². The Morgan fingerprint density at radius 2 is 2.12 bits per heavy atom. The van der Waals surface area contributed by atoms with Gasteiger partial charge >= 0.3 is 12.1 Å². The van der Waals surface area contributed by atoms with Crippen LogP contribution in [-0.4, -0.2) is 52.7 Å². The molecule has 0 radical (unpaired) electrons. The molecule has 1 aromatic heterocycles. The minimum Gasteiger partial charge on any atom is -0.481 e. The van der Waals surface area contributed by atoms with Gasteiger partial charge in [-0.2, -0.15) is 13.2 Å². The average molecular weight is 346 g/mol. The van der Waals surface area contributed by atoms with Crippen LogP contribution in [0.3, 0.4) is 0 Å². The highest BCUT2D eigenvalue weighted by atomic mass is 19.4. The van der Waals surface area contributed by atoms with Crippen LogP contribution in [-0.2, 0) is 4.79 Å². The molecule has 1 saturated heterocycles. The third-order valence-electron chi connectivity index (χ3n) is 3.66. The maximum atomic E-state index is 12.5. The summed E-state index contributed by atoms with van der Waals surface area (Å²) in [6.45, 7) is 0.808. The number of aliphatic carboxylic acids is 1. The van der Waals surface area contributed by atoms with Gasteiger partial charge in [0.05, 0.1) is 5.92 Å². The van der Waals surface area contributed by atoms with E-state index in [0.29, 0.717) is 13.0 Å². The van der Waals surface area contributed by atoms with Gasteiger partial charge < -0.3 is 14.7 Å². The van der Waals surface area contributed by atoms with Gasteiger partial charge in [0.1, 0.15) is 0 Å². The van der Waals surface area contributed by atoms with Crippen LogP contribution in [0.1, 0.15) is 23.7 Å². The number of likely N-dealkylation sites (tertiary alicyclic amines) is 1. The van der Waals surface area contributed by atoms with E-state index >= 15 is 0 Å². The van der Waals surface area contributed by atoms with Gasteiger partial charge in [-0.3, -0.25) is 9.59 Å². The van der Waals surface area contributed by atoms with Crippen molar-refractivity contribution in [1.29, 1.82) is 0 Å². The summed E-state index contributed by atoms with van der Waals surface area (Å²) in [5, 5.41) is 9.14. The lowest BCUT2D eigenvalue weighted by atomic mass is 9.90. The summed E-state index contributed by atoms with van der Waals surface area (Å²) < 4.78 is 41.0. The van der Waals surface area contributed by atoms with Crippen LogP contribution in [0.25, 0.3) is 0 Å². The second-order valence-electron chi connectivity index (χ2n) is 5.87. The van der Waals surface area contributed by atoms with Crippen LogP contribution >= 0.6 is 0 Å². The van der Waals surface area contributed by atoms with Crippen molar-refractivity contribution in [3.8, 4) is 5.88 Å². The van der Waals surface area contributed by atoms with Crippen molar-refractivity contribution in [3.63, 3.8) is 0 Å². The molecule has 1 aromatic rings.